The van der Waals surface area contributed by atoms with Crippen LogP contribution in [0.4, 0.5) is 5.69 Å². The fraction of sp³-hybridized carbons (Fsp3) is 0.158. The summed E-state index contributed by atoms with van der Waals surface area (Å²) in [5.41, 5.74) is 0.873. The van der Waals surface area contributed by atoms with Crippen molar-refractivity contribution in [3.8, 4) is 11.5 Å². The van der Waals surface area contributed by atoms with Gasteiger partial charge in [-0.1, -0.05) is 6.07 Å². The molecule has 1 aromatic heterocycles. The highest BCUT2D eigenvalue weighted by Gasteiger charge is 2.15. The predicted molar refractivity (Wildman–Crippen MR) is 102 cm³/mol. The van der Waals surface area contributed by atoms with Crippen LogP contribution in [-0.2, 0) is 19.1 Å². The zero-order valence-corrected chi connectivity index (χ0v) is 16.1. The van der Waals surface area contributed by atoms with E-state index in [4.69, 9.17) is 9.47 Å². The van der Waals surface area contributed by atoms with Crippen LogP contribution in [0, 0.1) is 0 Å². The SMILES string of the molecule is COC(=O)c1sccc1NC(=O)C=Cc1ccc(OC(C)=O)c(OC(C)=O)c1. The van der Waals surface area contributed by atoms with Gasteiger partial charge in [-0.3, -0.25) is 14.4 Å². The second-order valence-corrected chi connectivity index (χ2v) is 6.29. The van der Waals surface area contributed by atoms with Gasteiger partial charge in [0.1, 0.15) is 4.88 Å². The van der Waals surface area contributed by atoms with Crippen LogP contribution >= 0.6 is 11.3 Å². The molecule has 0 atom stereocenters. The topological polar surface area (TPSA) is 108 Å². The molecule has 8 nitrogen and oxygen atoms in total. The molecule has 0 aliphatic rings. The summed E-state index contributed by atoms with van der Waals surface area (Å²) >= 11 is 1.15. The lowest BCUT2D eigenvalue weighted by molar-refractivity contribution is -0.134. The standard InChI is InChI=1S/C19H17NO7S/c1-11(21)26-15-6-4-13(10-16(15)27-12(2)22)5-7-17(23)20-14-8-9-28-18(14)19(24)25-3/h4-10H,1-3H3,(H,20,23). The van der Waals surface area contributed by atoms with Gasteiger partial charge in [0, 0.05) is 19.9 Å². The van der Waals surface area contributed by atoms with Crippen molar-refractivity contribution in [3.05, 3.63) is 46.2 Å². The van der Waals surface area contributed by atoms with Gasteiger partial charge in [0.15, 0.2) is 11.5 Å². The van der Waals surface area contributed by atoms with Crippen molar-refractivity contribution < 1.29 is 33.4 Å². The number of carbonyl (C=O) groups excluding carboxylic acids is 4. The number of nitrogens with one attached hydrogen (secondary N) is 1. The fourth-order valence-corrected chi connectivity index (χ4v) is 2.87. The molecule has 0 saturated heterocycles. The van der Waals surface area contributed by atoms with Crippen LogP contribution in [0.1, 0.15) is 29.1 Å². The van der Waals surface area contributed by atoms with Gasteiger partial charge < -0.3 is 19.5 Å². The van der Waals surface area contributed by atoms with Gasteiger partial charge >= 0.3 is 17.9 Å². The minimum Gasteiger partial charge on any atom is -0.465 e. The lowest BCUT2D eigenvalue weighted by Gasteiger charge is -2.09. The molecule has 1 heterocycles. The van der Waals surface area contributed by atoms with Crippen molar-refractivity contribution in [3.63, 3.8) is 0 Å². The second kappa shape index (κ2) is 9.47. The quantitative estimate of drug-likeness (QED) is 0.449. The number of anilines is 1. The molecule has 1 amide bonds. The lowest BCUT2D eigenvalue weighted by Crippen LogP contribution is -2.10. The van der Waals surface area contributed by atoms with Gasteiger partial charge in [-0.05, 0) is 35.2 Å². The first-order chi connectivity index (χ1) is 13.3. The van der Waals surface area contributed by atoms with E-state index in [1.54, 1.807) is 17.5 Å². The molecule has 0 spiro atoms. The molecule has 1 aromatic carbocycles. The summed E-state index contributed by atoms with van der Waals surface area (Å²) in [7, 11) is 1.26. The summed E-state index contributed by atoms with van der Waals surface area (Å²) in [4.78, 5) is 46.4. The second-order valence-electron chi connectivity index (χ2n) is 5.37. The molecule has 0 unspecified atom stereocenters. The maximum absolute atomic E-state index is 12.1. The number of hydrogen-bond donors (Lipinski definition) is 1. The average molecular weight is 403 g/mol. The Kier molecular flexibility index (Phi) is 7.05. The summed E-state index contributed by atoms with van der Waals surface area (Å²) in [6, 6.07) is 6.08. The van der Waals surface area contributed by atoms with Crippen LogP contribution in [0.3, 0.4) is 0 Å². The number of methoxy groups -OCH3 is 1. The zero-order valence-electron chi connectivity index (χ0n) is 15.3. The largest absolute Gasteiger partial charge is 0.465 e. The van der Waals surface area contributed by atoms with Crippen LogP contribution in [0.15, 0.2) is 35.7 Å². The predicted octanol–water partition coefficient (Wildman–Crippen LogP) is 3.04. The lowest BCUT2D eigenvalue weighted by atomic mass is 10.2. The van der Waals surface area contributed by atoms with Gasteiger partial charge in [0.05, 0.1) is 12.8 Å². The molecule has 0 aliphatic heterocycles. The average Bonchev–Trinajstić information content (AvgIpc) is 3.08. The molecule has 1 N–H and O–H groups in total. The summed E-state index contributed by atoms with van der Waals surface area (Å²) in [6.07, 6.45) is 2.72. The molecule has 0 radical (unpaired) electrons. The minimum absolute atomic E-state index is 0.0519. The highest BCUT2D eigenvalue weighted by Crippen LogP contribution is 2.29. The molecule has 2 aromatic rings. The Bertz CT molecular complexity index is 946. The summed E-state index contributed by atoms with van der Waals surface area (Å²) in [5.74, 6) is -2.02. The van der Waals surface area contributed by atoms with E-state index in [9.17, 15) is 19.2 Å². The first-order valence-corrected chi connectivity index (χ1v) is 8.84. The Balaban J connectivity index is 2.15. The van der Waals surface area contributed by atoms with E-state index in [0.717, 1.165) is 11.3 Å². The van der Waals surface area contributed by atoms with Crippen LogP contribution in [0.5, 0.6) is 11.5 Å². The highest BCUT2D eigenvalue weighted by atomic mass is 32.1. The van der Waals surface area contributed by atoms with Crippen molar-refractivity contribution in [2.24, 2.45) is 0 Å². The number of ether oxygens (including phenoxy) is 3. The number of carbonyl (C=O) groups is 4. The minimum atomic E-state index is -0.583. The van der Waals surface area contributed by atoms with Crippen LogP contribution in [0.25, 0.3) is 6.08 Å². The van der Waals surface area contributed by atoms with Crippen molar-refractivity contribution in [2.45, 2.75) is 13.8 Å². The van der Waals surface area contributed by atoms with E-state index < -0.39 is 23.8 Å². The van der Waals surface area contributed by atoms with Crippen molar-refractivity contribution in [1.82, 2.24) is 0 Å². The van der Waals surface area contributed by atoms with E-state index in [-0.39, 0.29) is 16.4 Å². The Hall–Kier alpha value is -3.46. The molecule has 2 rings (SSSR count). The van der Waals surface area contributed by atoms with E-state index >= 15 is 0 Å². The normalized spacial score (nSPS) is 10.4. The number of amides is 1. The number of hydrogen-bond acceptors (Lipinski definition) is 8. The maximum atomic E-state index is 12.1. The summed E-state index contributed by atoms with van der Waals surface area (Å²) in [6.45, 7) is 2.44. The molecule has 0 fully saturated rings. The summed E-state index contributed by atoms with van der Waals surface area (Å²) < 4.78 is 14.7. The van der Waals surface area contributed by atoms with Gasteiger partial charge in [0.2, 0.25) is 5.91 Å². The number of esters is 3. The smallest absolute Gasteiger partial charge is 0.350 e. The van der Waals surface area contributed by atoms with Gasteiger partial charge in [-0.15, -0.1) is 11.3 Å². The van der Waals surface area contributed by atoms with Crippen LogP contribution in [0.2, 0.25) is 0 Å². The zero-order chi connectivity index (χ0) is 20.7. The Labute approximate surface area is 164 Å². The molecule has 0 saturated carbocycles. The van der Waals surface area contributed by atoms with Gasteiger partial charge in [0.25, 0.3) is 0 Å². The third-order valence-corrected chi connectivity index (χ3v) is 4.09. The van der Waals surface area contributed by atoms with E-state index in [0.29, 0.717) is 11.3 Å². The molecule has 146 valence electrons. The van der Waals surface area contributed by atoms with Crippen molar-refractivity contribution >= 4 is 46.9 Å². The number of benzene rings is 1. The monoisotopic (exact) mass is 403 g/mol. The first kappa shape index (κ1) is 20.8. The third-order valence-electron chi connectivity index (χ3n) is 3.20. The van der Waals surface area contributed by atoms with Crippen molar-refractivity contribution in [1.29, 1.82) is 0 Å². The van der Waals surface area contributed by atoms with Crippen molar-refractivity contribution in [2.75, 3.05) is 12.4 Å². The van der Waals surface area contributed by atoms with Crippen LogP contribution < -0.4 is 14.8 Å². The maximum Gasteiger partial charge on any atom is 0.350 e. The Morgan fingerprint density at radius 2 is 1.68 bits per heavy atom. The molecule has 0 bridgehead atoms. The molecular formula is C19H17NO7S. The van der Waals surface area contributed by atoms with Crippen LogP contribution in [-0.4, -0.2) is 30.9 Å². The van der Waals surface area contributed by atoms with E-state index in [1.165, 1.54) is 45.2 Å². The Morgan fingerprint density at radius 1 is 1.00 bits per heavy atom. The molecule has 9 heteroatoms. The molecule has 28 heavy (non-hydrogen) atoms. The first-order valence-electron chi connectivity index (χ1n) is 7.96. The number of rotatable bonds is 6. The van der Waals surface area contributed by atoms with E-state index in [2.05, 4.69) is 10.1 Å². The fourth-order valence-electron chi connectivity index (χ4n) is 2.11. The Morgan fingerprint density at radius 3 is 2.32 bits per heavy atom. The van der Waals surface area contributed by atoms with E-state index in [1.807, 2.05) is 0 Å². The number of thiophene rings is 1. The third kappa shape index (κ3) is 5.78. The molecule has 0 aliphatic carbocycles. The van der Waals surface area contributed by atoms with Gasteiger partial charge in [-0.2, -0.15) is 0 Å². The van der Waals surface area contributed by atoms with Gasteiger partial charge in [-0.25, -0.2) is 4.79 Å². The molecular weight excluding hydrogens is 386 g/mol. The summed E-state index contributed by atoms with van der Waals surface area (Å²) in [5, 5.41) is 4.25. The highest BCUT2D eigenvalue weighted by molar-refractivity contribution is 7.12.